The van der Waals surface area contributed by atoms with E-state index >= 15 is 0 Å². The maximum atomic E-state index is 11.2. The molecule has 0 atom stereocenters. The first kappa shape index (κ1) is 20.1. The molecule has 0 saturated carbocycles. The normalized spacial score (nSPS) is 12.2. The Morgan fingerprint density at radius 3 is 2.40 bits per heavy atom. The third-order valence-corrected chi connectivity index (χ3v) is 5.27. The zero-order chi connectivity index (χ0) is 15.6. The molecule has 0 bridgehead atoms. The summed E-state index contributed by atoms with van der Waals surface area (Å²) < 4.78 is 10.6. The first-order chi connectivity index (χ1) is 9.24. The Morgan fingerprint density at radius 2 is 1.85 bits per heavy atom. The van der Waals surface area contributed by atoms with E-state index in [0.29, 0.717) is 25.2 Å². The fourth-order valence-corrected chi connectivity index (χ4v) is 3.30. The molecule has 0 fully saturated rings. The smallest absolute Gasteiger partial charge is 0.308 e. The van der Waals surface area contributed by atoms with Crippen LogP contribution >= 0.6 is 21.6 Å². The van der Waals surface area contributed by atoms with E-state index in [2.05, 4.69) is 33.0 Å². The van der Waals surface area contributed by atoms with Gasteiger partial charge in [0, 0.05) is 17.3 Å². The fourth-order valence-electron chi connectivity index (χ4n) is 1.12. The van der Waals surface area contributed by atoms with Gasteiger partial charge in [0.15, 0.2) is 0 Å². The van der Waals surface area contributed by atoms with E-state index in [1.165, 1.54) is 0 Å². The monoisotopic (exact) mass is 323 g/mol. The SMILES string of the molecule is CC(C)NCC(C)(C)SSCOCCOC(=O)C(C)C. The summed E-state index contributed by atoms with van der Waals surface area (Å²) in [5.74, 6) is 0.361. The summed E-state index contributed by atoms with van der Waals surface area (Å²) in [6.07, 6.45) is 0. The molecule has 0 aromatic heterocycles. The minimum atomic E-state index is -0.170. The number of rotatable bonds is 11. The van der Waals surface area contributed by atoms with Crippen molar-refractivity contribution in [2.45, 2.75) is 52.3 Å². The predicted molar refractivity (Wildman–Crippen MR) is 89.0 cm³/mol. The van der Waals surface area contributed by atoms with Gasteiger partial charge in [0.25, 0.3) is 0 Å². The standard InChI is InChI=1S/C14H29NO3S2/c1-11(2)13(16)18-8-7-17-10-19-20-14(5,6)9-15-12(3)4/h11-12,15H,7-10H2,1-6H3. The second kappa shape index (κ2) is 10.8. The summed E-state index contributed by atoms with van der Waals surface area (Å²) >= 11 is 0. The molecule has 120 valence electrons. The van der Waals surface area contributed by atoms with Gasteiger partial charge in [-0.25, -0.2) is 0 Å². The van der Waals surface area contributed by atoms with E-state index in [4.69, 9.17) is 9.47 Å². The summed E-state index contributed by atoms with van der Waals surface area (Å²) in [5, 5.41) is 3.44. The molecule has 0 aromatic carbocycles. The second-order valence-electron chi connectivity index (χ2n) is 5.84. The van der Waals surface area contributed by atoms with Crippen molar-refractivity contribution in [3.05, 3.63) is 0 Å². The van der Waals surface area contributed by atoms with Crippen molar-refractivity contribution in [1.29, 1.82) is 0 Å². The third-order valence-electron chi connectivity index (χ3n) is 2.30. The maximum absolute atomic E-state index is 11.2. The Morgan fingerprint density at radius 1 is 1.20 bits per heavy atom. The molecule has 1 N–H and O–H groups in total. The van der Waals surface area contributed by atoms with Gasteiger partial charge in [-0.2, -0.15) is 0 Å². The third kappa shape index (κ3) is 11.9. The number of carbonyl (C=O) groups excluding carboxylic acids is 1. The summed E-state index contributed by atoms with van der Waals surface area (Å²) in [6.45, 7) is 14.1. The van der Waals surface area contributed by atoms with Crippen molar-refractivity contribution in [2.24, 2.45) is 5.92 Å². The lowest BCUT2D eigenvalue weighted by Gasteiger charge is -2.24. The highest BCUT2D eigenvalue weighted by molar-refractivity contribution is 8.77. The molecule has 6 heteroatoms. The van der Waals surface area contributed by atoms with Gasteiger partial charge in [-0.3, -0.25) is 4.79 Å². The Labute approximate surface area is 131 Å². The number of nitrogens with one attached hydrogen (secondary N) is 1. The molecule has 0 radical (unpaired) electrons. The van der Waals surface area contributed by atoms with Crippen LogP contribution in [0.25, 0.3) is 0 Å². The fraction of sp³-hybridized carbons (Fsp3) is 0.929. The van der Waals surface area contributed by atoms with Gasteiger partial charge in [-0.05, 0) is 13.8 Å². The van der Waals surface area contributed by atoms with Crippen LogP contribution in [0.5, 0.6) is 0 Å². The Kier molecular flexibility index (Phi) is 10.8. The molecule has 0 rings (SSSR count). The number of esters is 1. The quantitative estimate of drug-likeness (QED) is 0.272. The topological polar surface area (TPSA) is 47.6 Å². The van der Waals surface area contributed by atoms with Gasteiger partial charge in [0.2, 0.25) is 0 Å². The molecule has 20 heavy (non-hydrogen) atoms. The molecular formula is C14H29NO3S2. The maximum Gasteiger partial charge on any atom is 0.308 e. The highest BCUT2D eigenvalue weighted by Gasteiger charge is 2.18. The molecule has 0 amide bonds. The average molecular weight is 324 g/mol. The highest BCUT2D eigenvalue weighted by atomic mass is 33.1. The van der Waals surface area contributed by atoms with Crippen molar-refractivity contribution in [1.82, 2.24) is 5.32 Å². The van der Waals surface area contributed by atoms with Gasteiger partial charge < -0.3 is 14.8 Å². The summed E-state index contributed by atoms with van der Waals surface area (Å²) in [5.41, 5.74) is 0. The Balaban J connectivity index is 3.49. The number of ether oxygens (including phenoxy) is 2. The van der Waals surface area contributed by atoms with Crippen molar-refractivity contribution >= 4 is 27.6 Å². The zero-order valence-electron chi connectivity index (χ0n) is 13.5. The average Bonchev–Trinajstić information content (AvgIpc) is 2.35. The molecule has 0 spiro atoms. The number of hydrogen-bond donors (Lipinski definition) is 1. The minimum Gasteiger partial charge on any atom is -0.463 e. The van der Waals surface area contributed by atoms with Crippen LogP contribution in [-0.2, 0) is 14.3 Å². The van der Waals surface area contributed by atoms with Gasteiger partial charge in [0.05, 0.1) is 12.5 Å². The van der Waals surface area contributed by atoms with E-state index in [0.717, 1.165) is 6.54 Å². The summed E-state index contributed by atoms with van der Waals surface area (Å²) in [4.78, 5) is 11.2. The summed E-state index contributed by atoms with van der Waals surface area (Å²) in [7, 11) is 3.50. The highest BCUT2D eigenvalue weighted by Crippen LogP contribution is 2.35. The minimum absolute atomic E-state index is 0.0748. The molecule has 0 aliphatic heterocycles. The van der Waals surface area contributed by atoms with Crippen LogP contribution in [0, 0.1) is 5.92 Å². The summed E-state index contributed by atoms with van der Waals surface area (Å²) in [6, 6.07) is 0.506. The molecule has 0 aliphatic carbocycles. The van der Waals surface area contributed by atoms with Crippen molar-refractivity contribution in [3.63, 3.8) is 0 Å². The predicted octanol–water partition coefficient (Wildman–Crippen LogP) is 3.32. The van der Waals surface area contributed by atoms with Gasteiger partial charge in [-0.1, -0.05) is 49.3 Å². The van der Waals surface area contributed by atoms with Gasteiger partial charge >= 0.3 is 5.97 Å². The van der Waals surface area contributed by atoms with Crippen LogP contribution in [0.2, 0.25) is 0 Å². The van der Waals surface area contributed by atoms with Crippen LogP contribution in [0.15, 0.2) is 0 Å². The molecule has 0 aliphatic rings. The van der Waals surface area contributed by atoms with Crippen molar-refractivity contribution in [3.8, 4) is 0 Å². The largest absolute Gasteiger partial charge is 0.463 e. The first-order valence-electron chi connectivity index (χ1n) is 7.03. The number of carbonyl (C=O) groups is 1. The van der Waals surface area contributed by atoms with Crippen LogP contribution in [0.1, 0.15) is 41.5 Å². The number of hydrogen-bond acceptors (Lipinski definition) is 6. The van der Waals surface area contributed by atoms with Crippen molar-refractivity contribution < 1.29 is 14.3 Å². The first-order valence-corrected chi connectivity index (χ1v) is 9.35. The molecule has 0 saturated heterocycles. The molecule has 0 heterocycles. The van der Waals surface area contributed by atoms with E-state index in [1.54, 1.807) is 10.8 Å². The van der Waals surface area contributed by atoms with Crippen molar-refractivity contribution in [2.75, 3.05) is 25.7 Å². The zero-order valence-corrected chi connectivity index (χ0v) is 15.2. The van der Waals surface area contributed by atoms with Crippen LogP contribution in [0.3, 0.4) is 0 Å². The van der Waals surface area contributed by atoms with Crippen LogP contribution in [0.4, 0.5) is 0 Å². The lowest BCUT2D eigenvalue weighted by atomic mass is 10.2. The van der Waals surface area contributed by atoms with E-state index in [1.807, 2.05) is 24.6 Å². The van der Waals surface area contributed by atoms with E-state index in [9.17, 15) is 4.79 Å². The molecular weight excluding hydrogens is 294 g/mol. The van der Waals surface area contributed by atoms with Crippen LogP contribution < -0.4 is 5.32 Å². The lowest BCUT2D eigenvalue weighted by Crippen LogP contribution is -2.35. The molecule has 4 nitrogen and oxygen atoms in total. The van der Waals surface area contributed by atoms with E-state index < -0.39 is 0 Å². The molecule has 0 aromatic rings. The molecule has 0 unspecified atom stereocenters. The van der Waals surface area contributed by atoms with Gasteiger partial charge in [-0.15, -0.1) is 0 Å². The van der Waals surface area contributed by atoms with E-state index in [-0.39, 0.29) is 16.6 Å². The Bertz CT molecular complexity index is 271. The lowest BCUT2D eigenvalue weighted by molar-refractivity contribution is -0.148. The van der Waals surface area contributed by atoms with Gasteiger partial charge in [0.1, 0.15) is 12.5 Å². The van der Waals surface area contributed by atoms with Crippen LogP contribution in [-0.4, -0.2) is 42.5 Å². The second-order valence-corrected chi connectivity index (χ2v) is 8.80. The Hall–Kier alpha value is 0.0900.